The number of ether oxygens (including phenoxy) is 2. The minimum Gasteiger partial charge on any atom is -0.423 e. The molecule has 2 fully saturated rings. The van der Waals surface area contributed by atoms with Crippen LogP contribution >= 0.6 is 0 Å². The fourth-order valence-corrected chi connectivity index (χ4v) is 5.31. The van der Waals surface area contributed by atoms with Crippen LogP contribution in [0.25, 0.3) is 0 Å². The fraction of sp³-hybridized carbons (Fsp3) is 0.536. The summed E-state index contributed by atoms with van der Waals surface area (Å²) < 4.78 is 25.9. The summed E-state index contributed by atoms with van der Waals surface area (Å²) in [5.41, 5.74) is 2.25. The SMILES string of the molecule is CCOC1CCC(c2ccc(OC(=O)c3ccc(C4CCC(C)CC4)cc3F)cc2)CC1. The Labute approximate surface area is 191 Å². The zero-order chi connectivity index (χ0) is 22.5. The second-order valence-electron chi connectivity index (χ2n) is 9.58. The Hall–Kier alpha value is -2.20. The van der Waals surface area contributed by atoms with Crippen molar-refractivity contribution in [3.05, 3.63) is 65.0 Å². The van der Waals surface area contributed by atoms with Crippen molar-refractivity contribution in [1.82, 2.24) is 0 Å². The first-order valence-corrected chi connectivity index (χ1v) is 12.3. The van der Waals surface area contributed by atoms with E-state index in [2.05, 4.69) is 6.92 Å². The van der Waals surface area contributed by atoms with Gasteiger partial charge in [-0.05, 0) is 98.6 Å². The first-order chi connectivity index (χ1) is 15.5. The summed E-state index contributed by atoms with van der Waals surface area (Å²) in [6.07, 6.45) is 9.32. The van der Waals surface area contributed by atoms with Crippen molar-refractivity contribution in [2.75, 3.05) is 6.61 Å². The summed E-state index contributed by atoms with van der Waals surface area (Å²) in [7, 11) is 0. The van der Waals surface area contributed by atoms with Gasteiger partial charge in [-0.2, -0.15) is 0 Å². The van der Waals surface area contributed by atoms with Gasteiger partial charge in [0.1, 0.15) is 11.6 Å². The molecule has 0 heterocycles. The number of rotatable bonds is 6. The fourth-order valence-electron chi connectivity index (χ4n) is 5.31. The largest absolute Gasteiger partial charge is 0.423 e. The smallest absolute Gasteiger partial charge is 0.346 e. The number of benzene rings is 2. The second-order valence-corrected chi connectivity index (χ2v) is 9.58. The lowest BCUT2D eigenvalue weighted by Crippen LogP contribution is -2.20. The van der Waals surface area contributed by atoms with Crippen molar-refractivity contribution in [2.45, 2.75) is 83.2 Å². The molecule has 0 unspecified atom stereocenters. The average molecular weight is 439 g/mol. The van der Waals surface area contributed by atoms with E-state index in [1.165, 1.54) is 24.5 Å². The van der Waals surface area contributed by atoms with Crippen molar-refractivity contribution in [1.29, 1.82) is 0 Å². The van der Waals surface area contributed by atoms with E-state index in [9.17, 15) is 9.18 Å². The number of hydrogen-bond acceptors (Lipinski definition) is 3. The van der Waals surface area contributed by atoms with Crippen LogP contribution in [0.1, 0.15) is 98.5 Å². The molecule has 4 heteroatoms. The molecule has 2 aliphatic rings. The molecule has 0 atom stereocenters. The van der Waals surface area contributed by atoms with E-state index in [-0.39, 0.29) is 5.56 Å². The standard InChI is InChI=1S/C28H35FO3/c1-3-31-24-13-8-20(9-14-24)21-10-15-25(16-11-21)32-28(30)26-17-12-23(18-27(26)29)22-6-4-19(2)5-7-22/h10-12,15-20,22,24H,3-9,13-14H2,1-2H3. The predicted molar refractivity (Wildman–Crippen MR) is 125 cm³/mol. The van der Waals surface area contributed by atoms with Gasteiger partial charge in [0.25, 0.3) is 0 Å². The Morgan fingerprint density at radius 3 is 2.09 bits per heavy atom. The summed E-state index contributed by atoms with van der Waals surface area (Å²) in [6, 6.07) is 12.7. The Kier molecular flexibility index (Phi) is 7.62. The highest BCUT2D eigenvalue weighted by molar-refractivity contribution is 5.91. The predicted octanol–water partition coefficient (Wildman–Crippen LogP) is 7.40. The first kappa shape index (κ1) is 23.0. The van der Waals surface area contributed by atoms with Crippen LogP contribution in [-0.2, 0) is 4.74 Å². The monoisotopic (exact) mass is 438 g/mol. The van der Waals surface area contributed by atoms with Crippen molar-refractivity contribution in [3.63, 3.8) is 0 Å². The lowest BCUT2D eigenvalue weighted by atomic mass is 9.79. The Morgan fingerprint density at radius 2 is 1.47 bits per heavy atom. The van der Waals surface area contributed by atoms with Gasteiger partial charge in [-0.15, -0.1) is 0 Å². The lowest BCUT2D eigenvalue weighted by Gasteiger charge is -2.28. The van der Waals surface area contributed by atoms with Crippen molar-refractivity contribution in [2.24, 2.45) is 5.92 Å². The molecule has 2 saturated carbocycles. The Bertz CT molecular complexity index is 891. The second kappa shape index (κ2) is 10.6. The molecule has 0 bridgehead atoms. The average Bonchev–Trinajstić information content (AvgIpc) is 2.81. The zero-order valence-corrected chi connectivity index (χ0v) is 19.3. The van der Waals surface area contributed by atoms with Crippen molar-refractivity contribution in [3.8, 4) is 5.75 Å². The van der Waals surface area contributed by atoms with Gasteiger partial charge in [0.15, 0.2) is 0 Å². The van der Waals surface area contributed by atoms with E-state index < -0.39 is 11.8 Å². The molecule has 0 spiro atoms. The van der Waals surface area contributed by atoms with Gasteiger partial charge in [-0.25, -0.2) is 9.18 Å². The molecule has 4 rings (SSSR count). The topological polar surface area (TPSA) is 35.5 Å². The van der Waals surface area contributed by atoms with Crippen molar-refractivity contribution < 1.29 is 18.7 Å². The molecule has 2 aromatic carbocycles. The van der Waals surface area contributed by atoms with Crippen LogP contribution in [-0.4, -0.2) is 18.7 Å². The number of carbonyl (C=O) groups is 1. The van der Waals surface area contributed by atoms with Crippen LogP contribution in [0.3, 0.4) is 0 Å². The van der Waals surface area contributed by atoms with Gasteiger partial charge in [0, 0.05) is 6.61 Å². The summed E-state index contributed by atoms with van der Waals surface area (Å²) in [5, 5.41) is 0. The molecule has 0 amide bonds. The van der Waals surface area contributed by atoms with E-state index in [4.69, 9.17) is 9.47 Å². The molecule has 0 aromatic heterocycles. The molecular weight excluding hydrogens is 403 g/mol. The zero-order valence-electron chi connectivity index (χ0n) is 19.3. The van der Waals surface area contributed by atoms with E-state index in [1.807, 2.05) is 37.3 Å². The molecule has 2 aliphatic carbocycles. The molecule has 0 aliphatic heterocycles. The van der Waals surface area contributed by atoms with Crippen LogP contribution in [0.5, 0.6) is 5.75 Å². The highest BCUT2D eigenvalue weighted by Gasteiger charge is 2.24. The van der Waals surface area contributed by atoms with Crippen LogP contribution < -0.4 is 4.74 Å². The molecule has 2 aromatic rings. The summed E-state index contributed by atoms with van der Waals surface area (Å²) in [6.45, 7) is 5.09. The molecule has 172 valence electrons. The molecule has 32 heavy (non-hydrogen) atoms. The number of hydrogen-bond donors (Lipinski definition) is 0. The third kappa shape index (κ3) is 5.58. The van der Waals surface area contributed by atoms with Gasteiger partial charge < -0.3 is 9.47 Å². The van der Waals surface area contributed by atoms with Gasteiger partial charge in [0.2, 0.25) is 0 Å². The van der Waals surface area contributed by atoms with Gasteiger partial charge >= 0.3 is 5.97 Å². The van der Waals surface area contributed by atoms with Gasteiger partial charge in [0.05, 0.1) is 11.7 Å². The highest BCUT2D eigenvalue weighted by Crippen LogP contribution is 2.36. The van der Waals surface area contributed by atoms with Crippen LogP contribution in [0.2, 0.25) is 0 Å². The maximum atomic E-state index is 14.7. The molecule has 0 radical (unpaired) electrons. The van der Waals surface area contributed by atoms with E-state index >= 15 is 0 Å². The van der Waals surface area contributed by atoms with E-state index in [0.717, 1.165) is 56.6 Å². The van der Waals surface area contributed by atoms with Gasteiger partial charge in [-0.1, -0.05) is 38.0 Å². The summed E-state index contributed by atoms with van der Waals surface area (Å²) >= 11 is 0. The molecule has 3 nitrogen and oxygen atoms in total. The highest BCUT2D eigenvalue weighted by atomic mass is 19.1. The maximum Gasteiger partial charge on any atom is 0.346 e. The summed E-state index contributed by atoms with van der Waals surface area (Å²) in [5.74, 6) is 0.976. The van der Waals surface area contributed by atoms with E-state index in [0.29, 0.717) is 23.7 Å². The Balaban J connectivity index is 1.34. The number of carbonyl (C=O) groups excluding carboxylic acids is 1. The molecule has 0 saturated heterocycles. The number of halogens is 1. The lowest BCUT2D eigenvalue weighted by molar-refractivity contribution is 0.0328. The van der Waals surface area contributed by atoms with Crippen molar-refractivity contribution >= 4 is 5.97 Å². The summed E-state index contributed by atoms with van der Waals surface area (Å²) in [4.78, 5) is 12.6. The third-order valence-corrected chi connectivity index (χ3v) is 7.34. The Morgan fingerprint density at radius 1 is 0.875 bits per heavy atom. The van der Waals surface area contributed by atoms with Crippen LogP contribution in [0.4, 0.5) is 4.39 Å². The van der Waals surface area contributed by atoms with Crippen LogP contribution in [0, 0.1) is 11.7 Å². The third-order valence-electron chi connectivity index (χ3n) is 7.34. The number of esters is 1. The minimum absolute atomic E-state index is 0.00347. The van der Waals surface area contributed by atoms with Crippen LogP contribution in [0.15, 0.2) is 42.5 Å². The molecular formula is C28H35FO3. The molecule has 0 N–H and O–H groups in total. The normalized spacial score (nSPS) is 26.0. The quantitative estimate of drug-likeness (QED) is 0.348. The maximum absolute atomic E-state index is 14.7. The minimum atomic E-state index is -0.642. The van der Waals surface area contributed by atoms with Gasteiger partial charge in [-0.3, -0.25) is 0 Å². The first-order valence-electron chi connectivity index (χ1n) is 12.3. The van der Waals surface area contributed by atoms with E-state index in [1.54, 1.807) is 6.07 Å².